The van der Waals surface area contributed by atoms with Crippen LogP contribution in [0.1, 0.15) is 22.8 Å². The van der Waals surface area contributed by atoms with Crippen LogP contribution < -0.4 is 9.47 Å². The number of methoxy groups -OCH3 is 2. The standard InChI is InChI=1S/C11H14O3/c1-7-10(8(2)12)5-9(13-3)6-11(7)14-4/h5-6H,1-4H3. The van der Waals surface area contributed by atoms with E-state index in [-0.39, 0.29) is 5.78 Å². The molecule has 0 aromatic heterocycles. The van der Waals surface area contributed by atoms with Crippen LogP contribution in [0.2, 0.25) is 0 Å². The minimum Gasteiger partial charge on any atom is -0.497 e. The van der Waals surface area contributed by atoms with Crippen molar-refractivity contribution in [1.29, 1.82) is 0 Å². The minimum absolute atomic E-state index is 0.0136. The zero-order chi connectivity index (χ0) is 10.7. The lowest BCUT2D eigenvalue weighted by atomic mass is 10.0. The fourth-order valence-corrected chi connectivity index (χ4v) is 1.36. The molecule has 0 spiro atoms. The molecule has 0 N–H and O–H groups in total. The number of hydrogen-bond donors (Lipinski definition) is 0. The molecule has 0 aliphatic heterocycles. The molecule has 3 heteroatoms. The lowest BCUT2D eigenvalue weighted by Gasteiger charge is -2.10. The van der Waals surface area contributed by atoms with Crippen LogP contribution in [0, 0.1) is 6.92 Å². The van der Waals surface area contributed by atoms with Crippen LogP contribution in [0.15, 0.2) is 12.1 Å². The average molecular weight is 194 g/mol. The van der Waals surface area contributed by atoms with Gasteiger partial charge in [0.25, 0.3) is 0 Å². The van der Waals surface area contributed by atoms with Crippen molar-refractivity contribution in [1.82, 2.24) is 0 Å². The van der Waals surface area contributed by atoms with Crippen molar-refractivity contribution in [2.45, 2.75) is 13.8 Å². The average Bonchev–Trinajstić information content (AvgIpc) is 2.17. The summed E-state index contributed by atoms with van der Waals surface area (Å²) in [5.41, 5.74) is 1.49. The minimum atomic E-state index is 0.0136. The lowest BCUT2D eigenvalue weighted by molar-refractivity contribution is 0.101. The van der Waals surface area contributed by atoms with Gasteiger partial charge >= 0.3 is 0 Å². The molecular formula is C11H14O3. The Morgan fingerprint density at radius 3 is 2.29 bits per heavy atom. The van der Waals surface area contributed by atoms with Gasteiger partial charge < -0.3 is 9.47 Å². The zero-order valence-corrected chi connectivity index (χ0v) is 8.88. The number of Topliss-reactive ketones (excluding diaryl/α,β-unsaturated/α-hetero) is 1. The van der Waals surface area contributed by atoms with E-state index in [9.17, 15) is 4.79 Å². The Labute approximate surface area is 83.6 Å². The number of ether oxygens (including phenoxy) is 2. The van der Waals surface area contributed by atoms with E-state index in [2.05, 4.69) is 0 Å². The highest BCUT2D eigenvalue weighted by Gasteiger charge is 2.11. The quantitative estimate of drug-likeness (QED) is 0.692. The third-order valence-corrected chi connectivity index (χ3v) is 2.17. The van der Waals surface area contributed by atoms with Gasteiger partial charge in [0, 0.05) is 17.2 Å². The topological polar surface area (TPSA) is 35.5 Å². The van der Waals surface area contributed by atoms with Gasteiger partial charge in [-0.2, -0.15) is 0 Å². The molecule has 0 atom stereocenters. The number of rotatable bonds is 3. The summed E-state index contributed by atoms with van der Waals surface area (Å²) in [6.45, 7) is 3.39. The Morgan fingerprint density at radius 2 is 1.86 bits per heavy atom. The molecule has 0 radical (unpaired) electrons. The van der Waals surface area contributed by atoms with Gasteiger partial charge in [0.1, 0.15) is 11.5 Å². The van der Waals surface area contributed by atoms with E-state index in [0.29, 0.717) is 17.1 Å². The molecule has 1 aromatic carbocycles. The first kappa shape index (κ1) is 10.6. The molecular weight excluding hydrogens is 180 g/mol. The molecule has 0 saturated heterocycles. The van der Waals surface area contributed by atoms with Gasteiger partial charge in [-0.25, -0.2) is 0 Å². The van der Waals surface area contributed by atoms with E-state index in [1.807, 2.05) is 6.92 Å². The second kappa shape index (κ2) is 4.13. The van der Waals surface area contributed by atoms with E-state index < -0.39 is 0 Å². The molecule has 0 bridgehead atoms. The summed E-state index contributed by atoms with van der Waals surface area (Å²) in [6.07, 6.45) is 0. The first-order chi connectivity index (χ1) is 6.60. The van der Waals surface area contributed by atoms with Crippen LogP contribution in [0.3, 0.4) is 0 Å². The largest absolute Gasteiger partial charge is 0.497 e. The summed E-state index contributed by atoms with van der Waals surface area (Å²) in [5.74, 6) is 1.33. The van der Waals surface area contributed by atoms with E-state index in [1.165, 1.54) is 6.92 Å². The molecule has 0 heterocycles. The van der Waals surface area contributed by atoms with Crippen molar-refractivity contribution in [3.8, 4) is 11.5 Å². The van der Waals surface area contributed by atoms with Gasteiger partial charge in [0.05, 0.1) is 14.2 Å². The molecule has 76 valence electrons. The van der Waals surface area contributed by atoms with Crippen molar-refractivity contribution in [3.63, 3.8) is 0 Å². The highest BCUT2D eigenvalue weighted by molar-refractivity contribution is 5.96. The molecule has 0 aliphatic carbocycles. The lowest BCUT2D eigenvalue weighted by Crippen LogP contribution is -2.00. The van der Waals surface area contributed by atoms with Crippen molar-refractivity contribution in [2.24, 2.45) is 0 Å². The molecule has 0 amide bonds. The summed E-state index contributed by atoms with van der Waals surface area (Å²) in [4.78, 5) is 11.3. The maximum atomic E-state index is 11.3. The Kier molecular flexibility index (Phi) is 3.12. The van der Waals surface area contributed by atoms with Crippen LogP contribution in [0.4, 0.5) is 0 Å². The van der Waals surface area contributed by atoms with Crippen molar-refractivity contribution in [2.75, 3.05) is 14.2 Å². The summed E-state index contributed by atoms with van der Waals surface area (Å²) >= 11 is 0. The molecule has 14 heavy (non-hydrogen) atoms. The maximum absolute atomic E-state index is 11.3. The second-order valence-electron chi connectivity index (χ2n) is 3.06. The monoisotopic (exact) mass is 194 g/mol. The fraction of sp³-hybridized carbons (Fsp3) is 0.364. The highest BCUT2D eigenvalue weighted by Crippen LogP contribution is 2.28. The molecule has 0 saturated carbocycles. The third-order valence-electron chi connectivity index (χ3n) is 2.17. The molecule has 3 nitrogen and oxygen atoms in total. The maximum Gasteiger partial charge on any atom is 0.160 e. The Bertz CT molecular complexity index is 356. The summed E-state index contributed by atoms with van der Waals surface area (Å²) in [5, 5.41) is 0. The van der Waals surface area contributed by atoms with E-state index in [4.69, 9.17) is 9.47 Å². The predicted octanol–water partition coefficient (Wildman–Crippen LogP) is 2.21. The van der Waals surface area contributed by atoms with Crippen LogP contribution >= 0.6 is 0 Å². The molecule has 0 unspecified atom stereocenters. The summed E-state index contributed by atoms with van der Waals surface area (Å²) < 4.78 is 10.2. The van der Waals surface area contributed by atoms with E-state index in [0.717, 1.165) is 5.56 Å². The highest BCUT2D eigenvalue weighted by atomic mass is 16.5. The smallest absolute Gasteiger partial charge is 0.160 e. The summed E-state index contributed by atoms with van der Waals surface area (Å²) in [7, 11) is 3.14. The van der Waals surface area contributed by atoms with Crippen molar-refractivity contribution in [3.05, 3.63) is 23.3 Å². The number of ketones is 1. The first-order valence-electron chi connectivity index (χ1n) is 4.33. The van der Waals surface area contributed by atoms with Crippen LogP contribution in [-0.4, -0.2) is 20.0 Å². The van der Waals surface area contributed by atoms with E-state index in [1.54, 1.807) is 26.4 Å². The summed E-state index contributed by atoms with van der Waals surface area (Å²) in [6, 6.07) is 3.49. The first-order valence-corrected chi connectivity index (χ1v) is 4.33. The predicted molar refractivity (Wildman–Crippen MR) is 54.3 cm³/mol. The number of carbonyl (C=O) groups excluding carboxylic acids is 1. The van der Waals surface area contributed by atoms with E-state index >= 15 is 0 Å². The SMILES string of the molecule is COc1cc(OC)c(C)c(C(C)=O)c1. The van der Waals surface area contributed by atoms with Gasteiger partial charge in [-0.05, 0) is 19.9 Å². The zero-order valence-electron chi connectivity index (χ0n) is 8.88. The Balaban J connectivity index is 3.34. The van der Waals surface area contributed by atoms with Gasteiger partial charge in [-0.15, -0.1) is 0 Å². The molecule has 1 rings (SSSR count). The third kappa shape index (κ3) is 1.87. The molecule has 1 aromatic rings. The van der Waals surface area contributed by atoms with Gasteiger partial charge in [0.15, 0.2) is 5.78 Å². The van der Waals surface area contributed by atoms with Crippen molar-refractivity contribution >= 4 is 5.78 Å². The van der Waals surface area contributed by atoms with Gasteiger partial charge in [0.2, 0.25) is 0 Å². The van der Waals surface area contributed by atoms with Crippen LogP contribution in [0.5, 0.6) is 11.5 Å². The molecule has 0 aliphatic rings. The second-order valence-corrected chi connectivity index (χ2v) is 3.06. The number of benzene rings is 1. The molecule has 0 fully saturated rings. The van der Waals surface area contributed by atoms with Crippen molar-refractivity contribution < 1.29 is 14.3 Å². The fourth-order valence-electron chi connectivity index (χ4n) is 1.36. The Hall–Kier alpha value is -1.51. The number of carbonyl (C=O) groups is 1. The van der Waals surface area contributed by atoms with Crippen LogP contribution in [0.25, 0.3) is 0 Å². The normalized spacial score (nSPS) is 9.71. The van der Waals surface area contributed by atoms with Gasteiger partial charge in [-0.1, -0.05) is 0 Å². The van der Waals surface area contributed by atoms with Crippen LogP contribution in [-0.2, 0) is 0 Å². The Morgan fingerprint density at radius 1 is 1.21 bits per heavy atom. The van der Waals surface area contributed by atoms with Gasteiger partial charge in [-0.3, -0.25) is 4.79 Å². The number of hydrogen-bond acceptors (Lipinski definition) is 3.